The lowest BCUT2D eigenvalue weighted by Crippen LogP contribution is -2.39. The van der Waals surface area contributed by atoms with Crippen molar-refractivity contribution in [2.75, 3.05) is 36.0 Å². The Hall–Kier alpha value is -0.880. The van der Waals surface area contributed by atoms with Crippen molar-refractivity contribution in [2.45, 2.75) is 26.8 Å². The second-order valence-electron chi connectivity index (χ2n) is 5.02. The van der Waals surface area contributed by atoms with Crippen molar-refractivity contribution in [3.8, 4) is 0 Å². The van der Waals surface area contributed by atoms with Gasteiger partial charge < -0.3 is 10.2 Å². The van der Waals surface area contributed by atoms with Gasteiger partial charge in [-0.1, -0.05) is 6.92 Å². The van der Waals surface area contributed by atoms with E-state index in [1.54, 1.807) is 0 Å². The summed E-state index contributed by atoms with van der Waals surface area (Å²) in [5.41, 5.74) is 2.37. The van der Waals surface area contributed by atoms with Crippen molar-refractivity contribution in [2.24, 2.45) is 7.05 Å². The van der Waals surface area contributed by atoms with Crippen molar-refractivity contribution in [3.05, 3.63) is 11.3 Å². The molecule has 5 nitrogen and oxygen atoms in total. The minimum absolute atomic E-state index is 0.635. The standard InChI is InChI=1S/C13H24N4OS/c1-4-5-14-10-12-11(2)15-16(3)13(12)17-6-8-19(18)9-7-17/h14H,4-10H2,1-3H3. The number of nitrogens with zero attached hydrogens (tertiary/aromatic N) is 3. The molecule has 0 aromatic carbocycles. The normalized spacial score (nSPS) is 17.1. The van der Waals surface area contributed by atoms with Crippen LogP contribution in [0.5, 0.6) is 0 Å². The molecule has 1 N–H and O–H groups in total. The van der Waals surface area contributed by atoms with Gasteiger partial charge in [-0.2, -0.15) is 5.10 Å². The molecule has 0 amide bonds. The topological polar surface area (TPSA) is 50.2 Å². The average Bonchev–Trinajstić information content (AvgIpc) is 2.66. The molecule has 0 radical (unpaired) electrons. The number of aryl methyl sites for hydroxylation is 2. The number of hydrogen-bond donors (Lipinski definition) is 1. The Kier molecular flexibility index (Phi) is 4.99. The molecule has 0 saturated carbocycles. The van der Waals surface area contributed by atoms with E-state index in [0.717, 1.165) is 49.8 Å². The minimum Gasteiger partial charge on any atom is -0.355 e. The summed E-state index contributed by atoms with van der Waals surface area (Å²) in [6.07, 6.45) is 1.14. The third-order valence-corrected chi connectivity index (χ3v) is 4.79. The summed E-state index contributed by atoms with van der Waals surface area (Å²) in [7, 11) is 1.36. The Balaban J connectivity index is 2.16. The van der Waals surface area contributed by atoms with Crippen molar-refractivity contribution in [3.63, 3.8) is 0 Å². The zero-order chi connectivity index (χ0) is 13.8. The molecule has 1 fully saturated rings. The van der Waals surface area contributed by atoms with E-state index in [4.69, 9.17) is 0 Å². The Bertz CT molecular complexity index is 448. The Morgan fingerprint density at radius 3 is 2.68 bits per heavy atom. The molecule has 108 valence electrons. The number of aromatic nitrogens is 2. The molecule has 0 spiro atoms. The van der Waals surface area contributed by atoms with Gasteiger partial charge in [-0.05, 0) is 19.9 Å². The average molecular weight is 284 g/mol. The fourth-order valence-corrected chi connectivity index (χ4v) is 3.58. The van der Waals surface area contributed by atoms with Crippen LogP contribution in [0.15, 0.2) is 0 Å². The lowest BCUT2D eigenvalue weighted by molar-refractivity contribution is 0.657. The maximum atomic E-state index is 11.5. The van der Waals surface area contributed by atoms with Crippen LogP contribution >= 0.6 is 0 Å². The largest absolute Gasteiger partial charge is 0.355 e. The molecule has 1 aromatic heterocycles. The van der Waals surface area contributed by atoms with Crippen LogP contribution in [-0.2, 0) is 24.4 Å². The molecule has 1 aliphatic heterocycles. The van der Waals surface area contributed by atoms with Crippen LogP contribution in [0.3, 0.4) is 0 Å². The number of anilines is 1. The third kappa shape index (κ3) is 3.36. The Morgan fingerprint density at radius 2 is 2.05 bits per heavy atom. The quantitative estimate of drug-likeness (QED) is 0.813. The van der Waals surface area contributed by atoms with Gasteiger partial charge in [-0.3, -0.25) is 8.89 Å². The van der Waals surface area contributed by atoms with Crippen LogP contribution in [0.1, 0.15) is 24.6 Å². The lowest BCUT2D eigenvalue weighted by atomic mass is 10.2. The second-order valence-corrected chi connectivity index (χ2v) is 6.72. The summed E-state index contributed by atoms with van der Waals surface area (Å²) in [5.74, 6) is 2.73. The van der Waals surface area contributed by atoms with E-state index in [0.29, 0.717) is 0 Å². The van der Waals surface area contributed by atoms with Gasteiger partial charge in [0.15, 0.2) is 0 Å². The van der Waals surface area contributed by atoms with Gasteiger partial charge in [-0.25, -0.2) is 0 Å². The van der Waals surface area contributed by atoms with Gasteiger partial charge >= 0.3 is 0 Å². The Morgan fingerprint density at radius 1 is 1.37 bits per heavy atom. The number of hydrogen-bond acceptors (Lipinski definition) is 4. The first-order valence-corrected chi connectivity index (χ1v) is 8.45. The van der Waals surface area contributed by atoms with E-state index >= 15 is 0 Å². The fraction of sp³-hybridized carbons (Fsp3) is 0.769. The molecule has 6 heteroatoms. The van der Waals surface area contributed by atoms with Crippen LogP contribution in [0, 0.1) is 6.92 Å². The number of nitrogens with one attached hydrogen (secondary N) is 1. The van der Waals surface area contributed by atoms with Crippen molar-refractivity contribution >= 4 is 16.6 Å². The molecular weight excluding hydrogens is 260 g/mol. The Labute approximate surface area is 117 Å². The molecule has 19 heavy (non-hydrogen) atoms. The van der Waals surface area contributed by atoms with E-state index in [1.165, 1.54) is 11.4 Å². The molecule has 1 aliphatic rings. The van der Waals surface area contributed by atoms with Gasteiger partial charge in [0, 0.05) is 54.6 Å². The number of rotatable bonds is 5. The molecule has 2 heterocycles. The molecule has 0 aliphatic carbocycles. The molecule has 2 rings (SSSR count). The summed E-state index contributed by atoms with van der Waals surface area (Å²) in [6, 6.07) is 0. The maximum Gasteiger partial charge on any atom is 0.131 e. The van der Waals surface area contributed by atoms with Crippen molar-refractivity contribution in [1.82, 2.24) is 15.1 Å². The summed E-state index contributed by atoms with van der Waals surface area (Å²) in [6.45, 7) is 7.86. The van der Waals surface area contributed by atoms with Crippen LogP contribution in [0.25, 0.3) is 0 Å². The summed E-state index contributed by atoms with van der Waals surface area (Å²) >= 11 is 0. The van der Waals surface area contributed by atoms with Gasteiger partial charge in [0.25, 0.3) is 0 Å². The molecule has 0 atom stereocenters. The summed E-state index contributed by atoms with van der Waals surface area (Å²) < 4.78 is 13.4. The van der Waals surface area contributed by atoms with Crippen LogP contribution < -0.4 is 10.2 Å². The second kappa shape index (κ2) is 6.52. The summed E-state index contributed by atoms with van der Waals surface area (Å²) in [5, 5.41) is 8.00. The highest BCUT2D eigenvalue weighted by Gasteiger charge is 2.22. The zero-order valence-electron chi connectivity index (χ0n) is 12.1. The predicted molar refractivity (Wildman–Crippen MR) is 80.0 cm³/mol. The monoisotopic (exact) mass is 284 g/mol. The first-order chi connectivity index (χ1) is 9.13. The van der Waals surface area contributed by atoms with Gasteiger partial charge in [-0.15, -0.1) is 0 Å². The smallest absolute Gasteiger partial charge is 0.131 e. The van der Waals surface area contributed by atoms with Gasteiger partial charge in [0.1, 0.15) is 5.82 Å². The van der Waals surface area contributed by atoms with Gasteiger partial charge in [0.2, 0.25) is 0 Å². The third-order valence-electron chi connectivity index (χ3n) is 3.52. The first-order valence-electron chi connectivity index (χ1n) is 6.96. The molecular formula is C13H24N4OS. The minimum atomic E-state index is -0.635. The summed E-state index contributed by atoms with van der Waals surface area (Å²) in [4.78, 5) is 2.32. The van der Waals surface area contributed by atoms with Gasteiger partial charge in [0.05, 0.1) is 5.69 Å². The highest BCUT2D eigenvalue weighted by Crippen LogP contribution is 2.24. The highest BCUT2D eigenvalue weighted by molar-refractivity contribution is 7.85. The SMILES string of the molecule is CCCNCc1c(C)nn(C)c1N1CCS(=O)CC1. The highest BCUT2D eigenvalue weighted by atomic mass is 32.2. The van der Waals surface area contributed by atoms with E-state index in [2.05, 4.69) is 29.2 Å². The zero-order valence-corrected chi connectivity index (χ0v) is 12.9. The molecule has 0 unspecified atom stereocenters. The predicted octanol–water partition coefficient (Wildman–Crippen LogP) is 0.797. The lowest BCUT2D eigenvalue weighted by Gasteiger charge is -2.29. The molecule has 1 aromatic rings. The van der Waals surface area contributed by atoms with E-state index < -0.39 is 10.8 Å². The molecule has 1 saturated heterocycles. The maximum absolute atomic E-state index is 11.5. The van der Waals surface area contributed by atoms with E-state index in [1.807, 2.05) is 11.7 Å². The van der Waals surface area contributed by atoms with Crippen LogP contribution in [-0.4, -0.2) is 45.1 Å². The van der Waals surface area contributed by atoms with Crippen molar-refractivity contribution < 1.29 is 4.21 Å². The molecule has 0 bridgehead atoms. The first kappa shape index (κ1) is 14.5. The van der Waals surface area contributed by atoms with Crippen molar-refractivity contribution in [1.29, 1.82) is 0 Å². The van der Waals surface area contributed by atoms with E-state index in [9.17, 15) is 4.21 Å². The van der Waals surface area contributed by atoms with Crippen LogP contribution in [0.2, 0.25) is 0 Å². The fourth-order valence-electron chi connectivity index (χ4n) is 2.53. The van der Waals surface area contributed by atoms with Crippen LogP contribution in [0.4, 0.5) is 5.82 Å². The van der Waals surface area contributed by atoms with E-state index in [-0.39, 0.29) is 0 Å².